The van der Waals surface area contributed by atoms with Gasteiger partial charge < -0.3 is 14.4 Å². The first kappa shape index (κ1) is 20.7. The molecule has 2 aromatic carbocycles. The van der Waals surface area contributed by atoms with E-state index >= 15 is 0 Å². The monoisotopic (exact) mass is 443 g/mol. The van der Waals surface area contributed by atoms with E-state index in [-0.39, 0.29) is 12.7 Å². The number of anilines is 1. The number of thiazole rings is 1. The van der Waals surface area contributed by atoms with Crippen molar-refractivity contribution in [3.63, 3.8) is 0 Å². The van der Waals surface area contributed by atoms with Crippen LogP contribution in [0, 0.1) is 6.92 Å². The van der Waals surface area contributed by atoms with E-state index in [0.717, 1.165) is 33.6 Å². The number of carbonyl (C=O) groups is 1. The van der Waals surface area contributed by atoms with Crippen LogP contribution in [0.15, 0.2) is 36.4 Å². The van der Waals surface area contributed by atoms with Crippen LogP contribution in [0.2, 0.25) is 5.02 Å². The number of hydrogen-bond donors (Lipinski definition) is 0. The van der Waals surface area contributed by atoms with Crippen LogP contribution >= 0.6 is 22.9 Å². The Labute approximate surface area is 184 Å². The van der Waals surface area contributed by atoms with E-state index in [1.807, 2.05) is 56.3 Å². The first-order valence-electron chi connectivity index (χ1n) is 9.51. The molecule has 156 valence electrons. The Balaban J connectivity index is 1.61. The number of nitrogens with zero attached hydrogens (tertiary/aromatic N) is 3. The van der Waals surface area contributed by atoms with Crippen molar-refractivity contribution in [2.24, 2.45) is 0 Å². The van der Waals surface area contributed by atoms with Gasteiger partial charge in [-0.1, -0.05) is 29.0 Å². The third-order valence-electron chi connectivity index (χ3n) is 4.72. The minimum atomic E-state index is -0.127. The molecule has 0 unspecified atom stereocenters. The van der Waals surface area contributed by atoms with E-state index in [2.05, 4.69) is 0 Å². The fourth-order valence-electron chi connectivity index (χ4n) is 3.13. The maximum Gasteiger partial charge on any atom is 0.252 e. The van der Waals surface area contributed by atoms with E-state index < -0.39 is 0 Å². The van der Waals surface area contributed by atoms with E-state index in [1.54, 1.807) is 17.1 Å². The maximum atomic E-state index is 13.1. The van der Waals surface area contributed by atoms with Gasteiger partial charge >= 0.3 is 0 Å². The molecule has 0 saturated carbocycles. The SMILES string of the molecule is Cc1cc(Cl)cc2sc(N(CCN(C)C)C(=O)/C=C/c3ccc4c(c3)OCO4)nc12. The van der Waals surface area contributed by atoms with Gasteiger partial charge in [-0.3, -0.25) is 9.69 Å². The van der Waals surface area contributed by atoms with Crippen molar-refractivity contribution in [3.8, 4) is 11.5 Å². The van der Waals surface area contributed by atoms with Crippen LogP contribution in [-0.2, 0) is 4.79 Å². The lowest BCUT2D eigenvalue weighted by Gasteiger charge is -2.20. The average Bonchev–Trinajstić information content (AvgIpc) is 3.32. The van der Waals surface area contributed by atoms with Crippen LogP contribution < -0.4 is 14.4 Å². The molecule has 0 saturated heterocycles. The second-order valence-electron chi connectivity index (χ2n) is 7.31. The van der Waals surface area contributed by atoms with Gasteiger partial charge in [-0.05, 0) is 62.5 Å². The molecule has 0 N–H and O–H groups in total. The third kappa shape index (κ3) is 4.43. The van der Waals surface area contributed by atoms with Crippen molar-refractivity contribution in [1.82, 2.24) is 9.88 Å². The molecule has 0 aliphatic carbocycles. The summed E-state index contributed by atoms with van der Waals surface area (Å²) in [7, 11) is 3.96. The molecule has 3 aromatic rings. The van der Waals surface area contributed by atoms with Gasteiger partial charge in [0.25, 0.3) is 5.91 Å². The van der Waals surface area contributed by atoms with Crippen LogP contribution in [0.5, 0.6) is 11.5 Å². The molecule has 0 spiro atoms. The number of rotatable bonds is 6. The van der Waals surface area contributed by atoms with Crippen LogP contribution in [-0.4, -0.2) is 49.8 Å². The minimum Gasteiger partial charge on any atom is -0.454 e. The quantitative estimate of drug-likeness (QED) is 0.521. The van der Waals surface area contributed by atoms with Crippen LogP contribution in [0.3, 0.4) is 0 Å². The molecule has 0 fully saturated rings. The van der Waals surface area contributed by atoms with Crippen molar-refractivity contribution < 1.29 is 14.3 Å². The fourth-order valence-corrected chi connectivity index (χ4v) is 4.58. The first-order valence-corrected chi connectivity index (χ1v) is 10.7. The molecule has 0 radical (unpaired) electrons. The van der Waals surface area contributed by atoms with Crippen molar-refractivity contribution in [2.75, 3.05) is 38.9 Å². The number of halogens is 1. The molecule has 1 aliphatic heterocycles. The van der Waals surface area contributed by atoms with Gasteiger partial charge in [-0.2, -0.15) is 0 Å². The molecule has 6 nitrogen and oxygen atoms in total. The molecule has 1 aromatic heterocycles. The largest absolute Gasteiger partial charge is 0.454 e. The summed E-state index contributed by atoms with van der Waals surface area (Å²) in [6.45, 7) is 3.45. The average molecular weight is 444 g/mol. The first-order chi connectivity index (χ1) is 14.4. The van der Waals surface area contributed by atoms with Crippen LogP contribution in [0.4, 0.5) is 5.13 Å². The molecular formula is C22H22ClN3O3S. The smallest absolute Gasteiger partial charge is 0.252 e. The topological polar surface area (TPSA) is 54.9 Å². The third-order valence-corrected chi connectivity index (χ3v) is 5.97. The lowest BCUT2D eigenvalue weighted by atomic mass is 10.2. The van der Waals surface area contributed by atoms with E-state index in [9.17, 15) is 4.79 Å². The van der Waals surface area contributed by atoms with Gasteiger partial charge in [0.2, 0.25) is 6.79 Å². The number of benzene rings is 2. The number of carbonyl (C=O) groups excluding carboxylic acids is 1. The van der Waals surface area contributed by atoms with Gasteiger partial charge in [-0.25, -0.2) is 4.98 Å². The van der Waals surface area contributed by atoms with E-state index in [1.165, 1.54) is 11.3 Å². The second-order valence-corrected chi connectivity index (χ2v) is 8.75. The Morgan fingerprint density at radius 1 is 1.20 bits per heavy atom. The molecule has 2 heterocycles. The molecule has 1 amide bonds. The van der Waals surface area contributed by atoms with Crippen LogP contribution in [0.1, 0.15) is 11.1 Å². The Morgan fingerprint density at radius 2 is 2.00 bits per heavy atom. The summed E-state index contributed by atoms with van der Waals surface area (Å²) in [4.78, 5) is 21.6. The zero-order chi connectivity index (χ0) is 21.3. The summed E-state index contributed by atoms with van der Waals surface area (Å²) >= 11 is 7.67. The highest BCUT2D eigenvalue weighted by molar-refractivity contribution is 7.22. The molecule has 8 heteroatoms. The zero-order valence-corrected chi connectivity index (χ0v) is 18.6. The minimum absolute atomic E-state index is 0.127. The highest BCUT2D eigenvalue weighted by Crippen LogP contribution is 2.34. The predicted molar refractivity (Wildman–Crippen MR) is 122 cm³/mol. The lowest BCUT2D eigenvalue weighted by Crippen LogP contribution is -2.35. The van der Waals surface area contributed by atoms with Gasteiger partial charge in [0, 0.05) is 24.2 Å². The number of aryl methyl sites for hydroxylation is 1. The number of hydrogen-bond acceptors (Lipinski definition) is 6. The summed E-state index contributed by atoms with van der Waals surface area (Å²) in [5, 5.41) is 1.33. The Hall–Kier alpha value is -2.61. The Morgan fingerprint density at radius 3 is 2.80 bits per heavy atom. The number of amides is 1. The molecule has 4 rings (SSSR count). The van der Waals surface area contributed by atoms with Gasteiger partial charge in [-0.15, -0.1) is 0 Å². The fraction of sp³-hybridized carbons (Fsp3) is 0.273. The highest BCUT2D eigenvalue weighted by Gasteiger charge is 2.19. The van der Waals surface area contributed by atoms with Gasteiger partial charge in [0.05, 0.1) is 10.2 Å². The van der Waals surface area contributed by atoms with Crippen molar-refractivity contribution >= 4 is 50.3 Å². The zero-order valence-electron chi connectivity index (χ0n) is 17.0. The number of ether oxygens (including phenoxy) is 2. The van der Waals surface area contributed by atoms with Crippen LogP contribution in [0.25, 0.3) is 16.3 Å². The van der Waals surface area contributed by atoms with E-state index in [0.29, 0.717) is 22.4 Å². The predicted octanol–water partition coefficient (Wildman–Crippen LogP) is 4.59. The number of aromatic nitrogens is 1. The van der Waals surface area contributed by atoms with Crippen molar-refractivity contribution in [1.29, 1.82) is 0 Å². The number of likely N-dealkylation sites (N-methyl/N-ethyl adjacent to an activating group) is 1. The lowest BCUT2D eigenvalue weighted by molar-refractivity contribution is -0.114. The summed E-state index contributed by atoms with van der Waals surface area (Å²) in [6.07, 6.45) is 3.35. The Kier molecular flexibility index (Phi) is 5.94. The molecular weight excluding hydrogens is 422 g/mol. The second kappa shape index (κ2) is 8.63. The van der Waals surface area contributed by atoms with E-state index in [4.69, 9.17) is 26.1 Å². The summed E-state index contributed by atoms with van der Waals surface area (Å²) < 4.78 is 11.7. The maximum absolute atomic E-state index is 13.1. The van der Waals surface area contributed by atoms with Crippen molar-refractivity contribution in [3.05, 3.63) is 52.6 Å². The highest BCUT2D eigenvalue weighted by atomic mass is 35.5. The van der Waals surface area contributed by atoms with Gasteiger partial charge in [0.15, 0.2) is 16.6 Å². The summed E-state index contributed by atoms with van der Waals surface area (Å²) in [5.74, 6) is 1.28. The molecule has 0 bridgehead atoms. The summed E-state index contributed by atoms with van der Waals surface area (Å²) in [6, 6.07) is 9.38. The standard InChI is InChI=1S/C22H22ClN3O3S/c1-14-10-16(23)12-19-21(14)24-22(30-19)26(9-8-25(2)3)20(27)7-5-15-4-6-17-18(11-15)29-13-28-17/h4-7,10-12H,8-9,13H2,1-3H3/b7-5+. The molecule has 30 heavy (non-hydrogen) atoms. The Bertz CT molecular complexity index is 1130. The molecule has 1 aliphatic rings. The normalized spacial score (nSPS) is 13.0. The molecule has 0 atom stereocenters. The number of fused-ring (bicyclic) bond motifs is 2. The summed E-state index contributed by atoms with van der Waals surface area (Å²) in [5.41, 5.74) is 2.74. The van der Waals surface area contributed by atoms with Gasteiger partial charge in [0.1, 0.15) is 0 Å². The van der Waals surface area contributed by atoms with Crippen molar-refractivity contribution in [2.45, 2.75) is 6.92 Å².